The van der Waals surface area contributed by atoms with Crippen molar-refractivity contribution < 1.29 is 9.59 Å². The lowest BCUT2D eigenvalue weighted by molar-refractivity contribution is -0.130. The van der Waals surface area contributed by atoms with E-state index in [2.05, 4.69) is 10.1 Å². The van der Waals surface area contributed by atoms with Gasteiger partial charge in [-0.3, -0.25) is 9.69 Å². The summed E-state index contributed by atoms with van der Waals surface area (Å²) in [5, 5.41) is 4.69. The topological polar surface area (TPSA) is 97.4 Å². The average Bonchev–Trinajstić information content (AvgIpc) is 3.49. The monoisotopic (exact) mass is 466 g/mol. The number of halogens is 1. The zero-order chi connectivity index (χ0) is 23.4. The van der Waals surface area contributed by atoms with Gasteiger partial charge in [0.05, 0.1) is 18.3 Å². The molecular weight excluding hydrogens is 440 g/mol. The van der Waals surface area contributed by atoms with Gasteiger partial charge < -0.3 is 10.6 Å². The number of nitrogens with two attached hydrogens (primary N) is 1. The van der Waals surface area contributed by atoms with Gasteiger partial charge in [-0.25, -0.2) is 14.5 Å². The molecule has 33 heavy (non-hydrogen) atoms. The number of nitrogens with zero attached hydrogens (tertiary/aromatic N) is 5. The van der Waals surface area contributed by atoms with Crippen LogP contribution in [0.2, 0.25) is 5.02 Å². The summed E-state index contributed by atoms with van der Waals surface area (Å²) < 4.78 is 1.58. The smallest absolute Gasteiger partial charge is 0.322 e. The van der Waals surface area contributed by atoms with Gasteiger partial charge in [0, 0.05) is 17.6 Å². The van der Waals surface area contributed by atoms with Crippen LogP contribution >= 0.6 is 11.6 Å². The van der Waals surface area contributed by atoms with Crippen LogP contribution in [-0.2, 0) is 17.8 Å². The highest BCUT2D eigenvalue weighted by molar-refractivity contribution is 6.30. The van der Waals surface area contributed by atoms with Crippen molar-refractivity contribution in [3.63, 3.8) is 0 Å². The Hall–Kier alpha value is -3.23. The number of hydrogen-bond donors (Lipinski definition) is 1. The summed E-state index contributed by atoms with van der Waals surface area (Å²) in [6.45, 7) is 2.64. The Morgan fingerprint density at radius 1 is 1.24 bits per heavy atom. The summed E-state index contributed by atoms with van der Waals surface area (Å²) in [5.41, 5.74) is 8.62. The number of aromatic nitrogens is 3. The number of carbonyl (C=O) groups is 2. The van der Waals surface area contributed by atoms with Crippen molar-refractivity contribution in [3.8, 4) is 5.69 Å². The molecule has 0 radical (unpaired) electrons. The fourth-order valence-electron chi connectivity index (χ4n) is 4.18. The number of urea groups is 1. The van der Waals surface area contributed by atoms with E-state index in [4.69, 9.17) is 17.3 Å². The van der Waals surface area contributed by atoms with Crippen LogP contribution in [-0.4, -0.2) is 55.1 Å². The van der Waals surface area contributed by atoms with Gasteiger partial charge >= 0.3 is 6.03 Å². The van der Waals surface area contributed by atoms with Crippen LogP contribution in [0.4, 0.5) is 4.79 Å². The lowest BCUT2D eigenvalue weighted by atomic mass is 10.0. The summed E-state index contributed by atoms with van der Waals surface area (Å²) in [6, 6.07) is 13.7. The number of likely N-dealkylation sites (tertiary alicyclic amines) is 1. The van der Waals surface area contributed by atoms with Crippen molar-refractivity contribution in [2.24, 2.45) is 5.73 Å². The molecule has 1 aliphatic rings. The third-order valence-corrected chi connectivity index (χ3v) is 6.18. The fraction of sp³-hybridized carbons (Fsp3) is 0.333. The molecule has 0 bridgehead atoms. The molecule has 4 rings (SSSR count). The minimum absolute atomic E-state index is 0.0269. The molecule has 3 aromatic rings. The summed E-state index contributed by atoms with van der Waals surface area (Å²) in [7, 11) is 0. The summed E-state index contributed by atoms with van der Waals surface area (Å²) in [4.78, 5) is 34.1. The number of benzene rings is 2. The Kier molecular flexibility index (Phi) is 7.05. The van der Waals surface area contributed by atoms with E-state index in [1.54, 1.807) is 34.1 Å². The van der Waals surface area contributed by atoms with Crippen LogP contribution in [0.5, 0.6) is 0 Å². The number of amides is 3. The van der Waals surface area contributed by atoms with Gasteiger partial charge in [0.1, 0.15) is 12.7 Å². The molecule has 1 aromatic heterocycles. The van der Waals surface area contributed by atoms with E-state index in [1.807, 2.05) is 37.3 Å². The van der Waals surface area contributed by atoms with E-state index in [1.165, 1.54) is 11.2 Å². The number of hydrogen-bond acceptors (Lipinski definition) is 5. The van der Waals surface area contributed by atoms with Crippen LogP contribution in [0.1, 0.15) is 30.9 Å². The van der Waals surface area contributed by atoms with Crippen molar-refractivity contribution in [3.05, 3.63) is 77.3 Å². The van der Waals surface area contributed by atoms with E-state index < -0.39 is 11.9 Å². The molecule has 8 nitrogen and oxygen atoms in total. The minimum Gasteiger partial charge on any atom is -0.322 e. The highest BCUT2D eigenvalue weighted by Crippen LogP contribution is 2.24. The van der Waals surface area contributed by atoms with Crippen LogP contribution < -0.4 is 5.73 Å². The van der Waals surface area contributed by atoms with E-state index in [-0.39, 0.29) is 18.6 Å². The molecule has 2 atom stereocenters. The Morgan fingerprint density at radius 3 is 2.70 bits per heavy atom. The first-order valence-electron chi connectivity index (χ1n) is 11.0. The summed E-state index contributed by atoms with van der Waals surface area (Å²) in [6.07, 6.45) is 5.14. The van der Waals surface area contributed by atoms with Crippen LogP contribution in [0.3, 0.4) is 0 Å². The molecule has 3 amide bonds. The van der Waals surface area contributed by atoms with Crippen molar-refractivity contribution in [2.45, 2.75) is 44.8 Å². The molecule has 0 aliphatic carbocycles. The average molecular weight is 467 g/mol. The zero-order valence-corrected chi connectivity index (χ0v) is 19.2. The fourth-order valence-corrected chi connectivity index (χ4v) is 4.37. The molecule has 0 unspecified atom stereocenters. The van der Waals surface area contributed by atoms with Crippen LogP contribution in [0, 0.1) is 0 Å². The lowest BCUT2D eigenvalue weighted by Crippen LogP contribution is -2.52. The van der Waals surface area contributed by atoms with Crippen LogP contribution in [0.15, 0.2) is 61.2 Å². The first-order valence-corrected chi connectivity index (χ1v) is 11.4. The largest absolute Gasteiger partial charge is 0.327 e. The maximum atomic E-state index is 13.5. The second-order valence-corrected chi connectivity index (χ2v) is 8.74. The Morgan fingerprint density at radius 2 is 2.03 bits per heavy atom. The first-order chi connectivity index (χ1) is 15.9. The van der Waals surface area contributed by atoms with Crippen molar-refractivity contribution in [2.75, 3.05) is 6.54 Å². The Balaban J connectivity index is 1.66. The van der Waals surface area contributed by atoms with E-state index in [0.717, 1.165) is 18.4 Å². The second-order valence-electron chi connectivity index (χ2n) is 8.30. The van der Waals surface area contributed by atoms with Gasteiger partial charge in [0.15, 0.2) is 0 Å². The highest BCUT2D eigenvalue weighted by Gasteiger charge is 2.34. The number of imide groups is 1. The quantitative estimate of drug-likeness (QED) is 0.600. The van der Waals surface area contributed by atoms with Crippen molar-refractivity contribution in [1.29, 1.82) is 0 Å². The Labute approximate surface area is 198 Å². The van der Waals surface area contributed by atoms with Gasteiger partial charge in [-0.2, -0.15) is 5.10 Å². The molecule has 172 valence electrons. The molecule has 2 heterocycles. The standard InChI is InChI=1S/C24H27ClN6O2/c1-17-6-5-11-29(17)24(33)30(23(32)21(26)12-18-7-3-2-4-8-18)14-19-13-20(25)9-10-22(19)31-16-27-15-28-31/h2-4,7-10,13,15-17,21H,5-6,11-12,14,26H2,1H3/t17-,21-/m1/s1. The molecule has 1 saturated heterocycles. The minimum atomic E-state index is -0.858. The van der Waals surface area contributed by atoms with Gasteiger partial charge in [-0.15, -0.1) is 0 Å². The summed E-state index contributed by atoms with van der Waals surface area (Å²) >= 11 is 6.27. The van der Waals surface area contributed by atoms with E-state index in [0.29, 0.717) is 29.2 Å². The third kappa shape index (κ3) is 5.23. The van der Waals surface area contributed by atoms with Crippen LogP contribution in [0.25, 0.3) is 5.69 Å². The second kappa shape index (κ2) is 10.1. The first kappa shape index (κ1) is 22.9. The van der Waals surface area contributed by atoms with Gasteiger partial charge in [-0.05, 0) is 55.5 Å². The maximum Gasteiger partial charge on any atom is 0.327 e. The molecule has 1 fully saturated rings. The maximum absolute atomic E-state index is 13.5. The SMILES string of the molecule is C[C@@H]1CCCN1C(=O)N(Cc1cc(Cl)ccc1-n1cncn1)C(=O)[C@H](N)Cc1ccccc1. The normalized spacial score (nSPS) is 16.6. The van der Waals surface area contributed by atoms with E-state index in [9.17, 15) is 9.59 Å². The number of carbonyl (C=O) groups excluding carboxylic acids is 2. The zero-order valence-electron chi connectivity index (χ0n) is 18.5. The Bertz CT molecular complexity index is 1110. The molecule has 0 spiro atoms. The lowest BCUT2D eigenvalue weighted by Gasteiger charge is -2.31. The molecule has 2 aromatic carbocycles. The highest BCUT2D eigenvalue weighted by atomic mass is 35.5. The molecular formula is C24H27ClN6O2. The van der Waals surface area contributed by atoms with E-state index >= 15 is 0 Å². The van der Waals surface area contributed by atoms with Crippen molar-refractivity contribution in [1.82, 2.24) is 24.6 Å². The summed E-state index contributed by atoms with van der Waals surface area (Å²) in [5.74, 6) is -0.424. The molecule has 9 heteroatoms. The molecule has 1 aliphatic heterocycles. The third-order valence-electron chi connectivity index (χ3n) is 5.95. The predicted molar refractivity (Wildman–Crippen MR) is 126 cm³/mol. The van der Waals surface area contributed by atoms with Gasteiger partial charge in [0.25, 0.3) is 0 Å². The van der Waals surface area contributed by atoms with Crippen molar-refractivity contribution >= 4 is 23.5 Å². The van der Waals surface area contributed by atoms with Gasteiger partial charge in [0.2, 0.25) is 5.91 Å². The van der Waals surface area contributed by atoms with Gasteiger partial charge in [-0.1, -0.05) is 41.9 Å². The predicted octanol–water partition coefficient (Wildman–Crippen LogP) is 3.42. The number of rotatable bonds is 6. The molecule has 0 saturated carbocycles. The molecule has 2 N–H and O–H groups in total.